The van der Waals surface area contributed by atoms with Gasteiger partial charge in [-0.25, -0.2) is 8.78 Å². The summed E-state index contributed by atoms with van der Waals surface area (Å²) >= 11 is 0. The van der Waals surface area contributed by atoms with Crippen LogP contribution in [0, 0.1) is 5.92 Å². The second-order valence-corrected chi connectivity index (χ2v) is 8.66. The van der Waals surface area contributed by atoms with Crippen molar-refractivity contribution >= 4 is 28.9 Å². The number of nitrogens with zero attached hydrogens (tertiary/aromatic N) is 3. The standard InChI is InChI=1S/C27H26F2N4O2/c1-4-7-18-12-20(19-8-6-11-30-16-19)14-23(13-18)33-26(35)24(17(2)32-33)25(34)31-22-10-5-9-21(15-22)27(3,28)29/h5-6,8-16,24H,4,7H2,1-3H3,(H,31,34)/t24-/m1/s1. The van der Waals surface area contributed by atoms with Crippen molar-refractivity contribution in [2.45, 2.75) is 39.5 Å². The smallest absolute Gasteiger partial charge is 0.270 e. The molecule has 0 saturated carbocycles. The lowest BCUT2D eigenvalue weighted by atomic mass is 10.00. The van der Waals surface area contributed by atoms with E-state index >= 15 is 0 Å². The number of aryl methyl sites for hydroxylation is 1. The number of amides is 2. The van der Waals surface area contributed by atoms with E-state index in [4.69, 9.17) is 0 Å². The van der Waals surface area contributed by atoms with Crippen LogP contribution in [0.1, 0.15) is 38.3 Å². The van der Waals surface area contributed by atoms with E-state index in [-0.39, 0.29) is 11.3 Å². The molecule has 0 unspecified atom stereocenters. The zero-order chi connectivity index (χ0) is 25.2. The first-order chi connectivity index (χ1) is 16.7. The summed E-state index contributed by atoms with van der Waals surface area (Å²) in [6, 6.07) is 15.0. The molecule has 1 aromatic heterocycles. The van der Waals surface area contributed by atoms with Crippen LogP contribution >= 0.6 is 0 Å². The minimum Gasteiger partial charge on any atom is -0.325 e. The van der Waals surface area contributed by atoms with Crippen LogP contribution in [0.4, 0.5) is 20.2 Å². The first-order valence-corrected chi connectivity index (χ1v) is 11.4. The highest BCUT2D eigenvalue weighted by molar-refractivity contribution is 6.28. The Morgan fingerprint density at radius 2 is 1.91 bits per heavy atom. The summed E-state index contributed by atoms with van der Waals surface area (Å²) in [6.07, 6.45) is 5.18. The third-order valence-corrected chi connectivity index (χ3v) is 5.79. The molecule has 35 heavy (non-hydrogen) atoms. The highest BCUT2D eigenvalue weighted by Gasteiger charge is 2.40. The minimum absolute atomic E-state index is 0.192. The van der Waals surface area contributed by atoms with Crippen LogP contribution in [-0.4, -0.2) is 22.5 Å². The van der Waals surface area contributed by atoms with Gasteiger partial charge in [0.05, 0.1) is 11.4 Å². The molecule has 0 bridgehead atoms. The Hall–Kier alpha value is -3.94. The maximum atomic E-state index is 13.7. The van der Waals surface area contributed by atoms with Crippen molar-refractivity contribution in [2.75, 3.05) is 10.3 Å². The van der Waals surface area contributed by atoms with Gasteiger partial charge in [-0.1, -0.05) is 37.6 Å². The lowest BCUT2D eigenvalue weighted by molar-refractivity contribution is -0.127. The quantitative estimate of drug-likeness (QED) is 0.439. The second kappa shape index (κ2) is 9.74. The van der Waals surface area contributed by atoms with Gasteiger partial charge in [0.2, 0.25) is 5.91 Å². The average Bonchev–Trinajstić information content (AvgIpc) is 3.13. The predicted molar refractivity (Wildman–Crippen MR) is 132 cm³/mol. The lowest BCUT2D eigenvalue weighted by Gasteiger charge is -2.17. The van der Waals surface area contributed by atoms with Gasteiger partial charge in [-0.3, -0.25) is 14.6 Å². The summed E-state index contributed by atoms with van der Waals surface area (Å²) in [5, 5.41) is 8.22. The number of alkyl halides is 2. The van der Waals surface area contributed by atoms with Crippen molar-refractivity contribution in [1.82, 2.24) is 4.98 Å². The van der Waals surface area contributed by atoms with Crippen LogP contribution < -0.4 is 10.3 Å². The van der Waals surface area contributed by atoms with E-state index < -0.39 is 23.7 Å². The van der Waals surface area contributed by atoms with Gasteiger partial charge < -0.3 is 5.32 Å². The Morgan fingerprint density at radius 1 is 1.11 bits per heavy atom. The maximum absolute atomic E-state index is 13.7. The average molecular weight is 477 g/mol. The summed E-state index contributed by atoms with van der Waals surface area (Å²) in [4.78, 5) is 30.5. The van der Waals surface area contributed by atoms with Crippen LogP contribution in [0.3, 0.4) is 0 Å². The molecule has 0 saturated heterocycles. The Morgan fingerprint density at radius 3 is 2.60 bits per heavy atom. The normalized spacial score (nSPS) is 15.8. The summed E-state index contributed by atoms with van der Waals surface area (Å²) < 4.78 is 27.4. The molecule has 1 atom stereocenters. The molecule has 3 aromatic rings. The number of rotatable bonds is 7. The van der Waals surface area contributed by atoms with E-state index in [0.29, 0.717) is 11.4 Å². The summed E-state index contributed by atoms with van der Waals surface area (Å²) in [5.74, 6) is -5.32. The van der Waals surface area contributed by atoms with Crippen LogP contribution in [0.25, 0.3) is 11.1 Å². The van der Waals surface area contributed by atoms with Crippen molar-refractivity contribution < 1.29 is 18.4 Å². The molecule has 0 aliphatic carbocycles. The van der Waals surface area contributed by atoms with Gasteiger partial charge in [-0.15, -0.1) is 0 Å². The second-order valence-electron chi connectivity index (χ2n) is 8.66. The number of carbonyl (C=O) groups excluding carboxylic acids is 2. The number of hydrogen-bond donors (Lipinski definition) is 1. The van der Waals surface area contributed by atoms with Crippen molar-refractivity contribution in [3.8, 4) is 11.1 Å². The van der Waals surface area contributed by atoms with Crippen molar-refractivity contribution in [3.63, 3.8) is 0 Å². The molecule has 2 aromatic carbocycles. The number of pyridine rings is 1. The number of halogens is 2. The molecule has 1 N–H and O–H groups in total. The maximum Gasteiger partial charge on any atom is 0.270 e. The van der Waals surface area contributed by atoms with Gasteiger partial charge >= 0.3 is 0 Å². The van der Waals surface area contributed by atoms with Crippen LogP contribution in [-0.2, 0) is 21.9 Å². The number of anilines is 2. The fraction of sp³-hybridized carbons (Fsp3) is 0.259. The molecule has 180 valence electrons. The van der Waals surface area contributed by atoms with Crippen molar-refractivity contribution in [1.29, 1.82) is 0 Å². The van der Waals surface area contributed by atoms with E-state index in [0.717, 1.165) is 36.5 Å². The highest BCUT2D eigenvalue weighted by atomic mass is 19.3. The topological polar surface area (TPSA) is 74.7 Å². The fourth-order valence-corrected chi connectivity index (χ4v) is 4.07. The minimum atomic E-state index is -3.05. The molecule has 4 rings (SSSR count). The Labute approximate surface area is 202 Å². The van der Waals surface area contributed by atoms with Crippen molar-refractivity contribution in [3.05, 3.63) is 78.1 Å². The van der Waals surface area contributed by atoms with E-state index in [9.17, 15) is 18.4 Å². The highest BCUT2D eigenvalue weighted by Crippen LogP contribution is 2.32. The monoisotopic (exact) mass is 476 g/mol. The molecule has 8 heteroatoms. The van der Waals surface area contributed by atoms with E-state index in [1.54, 1.807) is 19.3 Å². The number of benzene rings is 2. The van der Waals surface area contributed by atoms with Gasteiger partial charge in [-0.05, 0) is 54.8 Å². The van der Waals surface area contributed by atoms with Gasteiger partial charge in [0.1, 0.15) is 0 Å². The molecule has 1 aliphatic rings. The zero-order valence-electron chi connectivity index (χ0n) is 19.8. The van der Waals surface area contributed by atoms with E-state index in [2.05, 4.69) is 28.4 Å². The molecule has 2 heterocycles. The summed E-state index contributed by atoms with van der Waals surface area (Å²) in [6.45, 7) is 4.47. The third kappa shape index (κ3) is 5.26. The number of carbonyl (C=O) groups is 2. The number of aromatic nitrogens is 1. The van der Waals surface area contributed by atoms with Crippen molar-refractivity contribution in [2.24, 2.45) is 11.0 Å². The van der Waals surface area contributed by atoms with Crippen LogP contribution in [0.15, 0.2) is 72.1 Å². The third-order valence-electron chi connectivity index (χ3n) is 5.79. The molecular formula is C27H26F2N4O2. The Bertz CT molecular complexity index is 1290. The fourth-order valence-electron chi connectivity index (χ4n) is 4.07. The Kier molecular flexibility index (Phi) is 6.73. The molecule has 0 spiro atoms. The molecule has 2 amide bonds. The summed E-state index contributed by atoms with van der Waals surface area (Å²) in [5.41, 5.74) is 3.68. The number of nitrogens with one attached hydrogen (secondary N) is 1. The SMILES string of the molecule is CCCc1cc(-c2cccnc2)cc(N2N=C(C)[C@H](C(=O)Nc3cccc(C(C)(F)F)c3)C2=O)c1. The lowest BCUT2D eigenvalue weighted by Crippen LogP contribution is -2.36. The molecule has 1 aliphatic heterocycles. The zero-order valence-corrected chi connectivity index (χ0v) is 19.8. The summed E-state index contributed by atoms with van der Waals surface area (Å²) in [7, 11) is 0. The predicted octanol–water partition coefficient (Wildman–Crippen LogP) is 5.79. The van der Waals surface area contributed by atoms with Gasteiger partial charge in [0, 0.05) is 36.1 Å². The van der Waals surface area contributed by atoms with Gasteiger partial charge in [0.25, 0.3) is 11.8 Å². The number of hydrazone groups is 1. The molecule has 0 radical (unpaired) electrons. The van der Waals surface area contributed by atoms with Crippen LogP contribution in [0.5, 0.6) is 0 Å². The van der Waals surface area contributed by atoms with E-state index in [1.807, 2.05) is 24.3 Å². The first kappa shape index (κ1) is 24.2. The number of hydrogen-bond acceptors (Lipinski definition) is 4. The molecule has 6 nitrogen and oxygen atoms in total. The Balaban J connectivity index is 1.61. The van der Waals surface area contributed by atoms with E-state index in [1.165, 1.54) is 29.3 Å². The molecule has 0 fully saturated rings. The van der Waals surface area contributed by atoms with Gasteiger partial charge in [-0.2, -0.15) is 10.1 Å². The largest absolute Gasteiger partial charge is 0.325 e. The van der Waals surface area contributed by atoms with Crippen LogP contribution in [0.2, 0.25) is 0 Å². The molecular weight excluding hydrogens is 450 g/mol. The first-order valence-electron chi connectivity index (χ1n) is 11.4. The van der Waals surface area contributed by atoms with Gasteiger partial charge in [0.15, 0.2) is 5.92 Å².